The zero-order valence-electron chi connectivity index (χ0n) is 11.0. The van der Waals surface area contributed by atoms with Gasteiger partial charge in [-0.2, -0.15) is 0 Å². The fraction of sp³-hybridized carbons (Fsp3) is 0.600. The van der Waals surface area contributed by atoms with Crippen molar-refractivity contribution >= 4 is 5.69 Å². The van der Waals surface area contributed by atoms with Crippen LogP contribution < -0.4 is 10.6 Å². The van der Waals surface area contributed by atoms with E-state index in [1.807, 2.05) is 0 Å². The maximum Gasteiger partial charge on any atom is 0.0416 e. The third-order valence-corrected chi connectivity index (χ3v) is 3.84. The van der Waals surface area contributed by atoms with Gasteiger partial charge in [0.25, 0.3) is 0 Å². The quantitative estimate of drug-likeness (QED) is 0.861. The number of benzene rings is 1. The second-order valence-electron chi connectivity index (χ2n) is 5.07. The van der Waals surface area contributed by atoms with Crippen molar-refractivity contribution in [2.45, 2.75) is 51.6 Å². The van der Waals surface area contributed by atoms with Gasteiger partial charge in [0.05, 0.1) is 0 Å². The van der Waals surface area contributed by atoms with Crippen LogP contribution in [0.3, 0.4) is 0 Å². The maximum atomic E-state index is 6.08. The zero-order chi connectivity index (χ0) is 12.3. The summed E-state index contributed by atoms with van der Waals surface area (Å²) in [6, 6.07) is 9.43. The second-order valence-corrected chi connectivity index (χ2v) is 5.07. The number of rotatable bonds is 4. The highest BCUT2D eigenvalue weighted by molar-refractivity contribution is 5.55. The number of hydrogen-bond donors (Lipinski definition) is 1. The second kappa shape index (κ2) is 5.54. The molecule has 2 N–H and O–H groups in total. The van der Waals surface area contributed by atoms with Crippen LogP contribution in [-0.4, -0.2) is 12.6 Å². The minimum absolute atomic E-state index is 0.113. The molecule has 2 rings (SSSR count). The van der Waals surface area contributed by atoms with Gasteiger partial charge in [-0.05, 0) is 38.3 Å². The molecule has 1 fully saturated rings. The number of hydrogen-bond acceptors (Lipinski definition) is 2. The van der Waals surface area contributed by atoms with Crippen molar-refractivity contribution in [3.8, 4) is 0 Å². The average Bonchev–Trinajstić information content (AvgIpc) is 2.84. The Kier molecular flexibility index (Phi) is 4.06. The lowest BCUT2D eigenvalue weighted by atomic mass is 10.0. The molecule has 17 heavy (non-hydrogen) atoms. The van der Waals surface area contributed by atoms with Crippen LogP contribution in [-0.2, 0) is 0 Å². The molecule has 0 bridgehead atoms. The minimum Gasteiger partial charge on any atom is -0.369 e. The Bertz CT molecular complexity index is 354. The average molecular weight is 232 g/mol. The van der Waals surface area contributed by atoms with Gasteiger partial charge in [-0.15, -0.1) is 0 Å². The maximum absolute atomic E-state index is 6.08. The van der Waals surface area contributed by atoms with Crippen LogP contribution in [0.2, 0.25) is 0 Å². The summed E-state index contributed by atoms with van der Waals surface area (Å²) < 4.78 is 0. The third-order valence-electron chi connectivity index (χ3n) is 3.84. The van der Waals surface area contributed by atoms with Crippen molar-refractivity contribution in [1.29, 1.82) is 0 Å². The van der Waals surface area contributed by atoms with E-state index in [4.69, 9.17) is 5.73 Å². The van der Waals surface area contributed by atoms with E-state index in [-0.39, 0.29) is 6.04 Å². The number of anilines is 1. The molecule has 2 nitrogen and oxygen atoms in total. The lowest BCUT2D eigenvalue weighted by Crippen LogP contribution is -2.34. The summed E-state index contributed by atoms with van der Waals surface area (Å²) >= 11 is 0. The van der Waals surface area contributed by atoms with Crippen molar-refractivity contribution < 1.29 is 0 Å². The van der Waals surface area contributed by atoms with Gasteiger partial charge in [0.2, 0.25) is 0 Å². The van der Waals surface area contributed by atoms with E-state index in [1.54, 1.807) is 0 Å². The van der Waals surface area contributed by atoms with Gasteiger partial charge in [-0.1, -0.05) is 31.0 Å². The molecule has 0 radical (unpaired) electrons. The van der Waals surface area contributed by atoms with Gasteiger partial charge in [0, 0.05) is 24.3 Å². The molecule has 0 saturated heterocycles. The number of nitrogens with zero attached hydrogens (tertiary/aromatic N) is 1. The van der Waals surface area contributed by atoms with Crippen LogP contribution in [0.5, 0.6) is 0 Å². The predicted octanol–water partition coefficient (Wildman–Crippen LogP) is 3.48. The Balaban J connectivity index is 2.29. The van der Waals surface area contributed by atoms with Crippen molar-refractivity contribution in [3.05, 3.63) is 29.8 Å². The van der Waals surface area contributed by atoms with Crippen LogP contribution in [0, 0.1) is 0 Å². The van der Waals surface area contributed by atoms with E-state index < -0.39 is 0 Å². The predicted molar refractivity (Wildman–Crippen MR) is 74.3 cm³/mol. The smallest absolute Gasteiger partial charge is 0.0416 e. The van der Waals surface area contributed by atoms with E-state index in [1.165, 1.54) is 36.9 Å². The van der Waals surface area contributed by atoms with Gasteiger partial charge in [-0.25, -0.2) is 0 Å². The summed E-state index contributed by atoms with van der Waals surface area (Å²) in [6.07, 6.45) is 5.42. The van der Waals surface area contributed by atoms with E-state index in [2.05, 4.69) is 43.0 Å². The molecule has 2 heteroatoms. The Morgan fingerprint density at radius 2 is 1.94 bits per heavy atom. The monoisotopic (exact) mass is 232 g/mol. The fourth-order valence-electron chi connectivity index (χ4n) is 2.98. The van der Waals surface area contributed by atoms with Gasteiger partial charge in [-0.3, -0.25) is 0 Å². The van der Waals surface area contributed by atoms with Crippen LogP contribution in [0.1, 0.15) is 51.1 Å². The first-order valence-corrected chi connectivity index (χ1v) is 6.85. The summed E-state index contributed by atoms with van der Waals surface area (Å²) in [5.74, 6) is 0. The summed E-state index contributed by atoms with van der Waals surface area (Å²) in [5, 5.41) is 0. The van der Waals surface area contributed by atoms with Crippen LogP contribution in [0.4, 0.5) is 5.69 Å². The van der Waals surface area contributed by atoms with Gasteiger partial charge in [0.1, 0.15) is 0 Å². The molecule has 0 heterocycles. The molecule has 1 unspecified atom stereocenters. The SMILES string of the molecule is CCN(c1ccccc1C(C)N)C1CCCC1. The van der Waals surface area contributed by atoms with Gasteiger partial charge >= 0.3 is 0 Å². The highest BCUT2D eigenvalue weighted by atomic mass is 15.2. The molecule has 0 spiro atoms. The first kappa shape index (κ1) is 12.4. The zero-order valence-corrected chi connectivity index (χ0v) is 11.0. The van der Waals surface area contributed by atoms with Crippen molar-refractivity contribution in [3.63, 3.8) is 0 Å². The minimum atomic E-state index is 0.113. The molecular weight excluding hydrogens is 208 g/mol. The summed E-state index contributed by atoms with van der Waals surface area (Å²) in [7, 11) is 0. The fourth-order valence-corrected chi connectivity index (χ4v) is 2.98. The van der Waals surface area contributed by atoms with E-state index in [0.717, 1.165) is 12.6 Å². The lowest BCUT2D eigenvalue weighted by molar-refractivity contribution is 0.614. The van der Waals surface area contributed by atoms with Crippen molar-refractivity contribution in [2.24, 2.45) is 5.73 Å². The molecule has 94 valence electrons. The third kappa shape index (κ3) is 2.63. The van der Waals surface area contributed by atoms with E-state index in [9.17, 15) is 0 Å². The Morgan fingerprint density at radius 3 is 2.53 bits per heavy atom. The standard InChI is InChI=1S/C15H24N2/c1-3-17(13-8-4-5-9-13)15-11-7-6-10-14(15)12(2)16/h6-7,10-13H,3-5,8-9,16H2,1-2H3. The molecule has 1 aromatic rings. The van der Waals surface area contributed by atoms with Gasteiger partial charge in [0.15, 0.2) is 0 Å². The molecule has 1 saturated carbocycles. The first-order chi connectivity index (χ1) is 8.24. The molecule has 1 aliphatic rings. The Labute approximate surface area is 105 Å². The summed E-state index contributed by atoms with van der Waals surface area (Å²) in [5.41, 5.74) is 8.70. The highest BCUT2D eigenvalue weighted by Gasteiger charge is 2.23. The molecule has 1 atom stereocenters. The Hall–Kier alpha value is -1.02. The lowest BCUT2D eigenvalue weighted by Gasteiger charge is -2.32. The molecule has 0 aliphatic heterocycles. The Morgan fingerprint density at radius 1 is 1.29 bits per heavy atom. The largest absolute Gasteiger partial charge is 0.369 e. The normalized spacial score (nSPS) is 18.3. The first-order valence-electron chi connectivity index (χ1n) is 6.85. The van der Waals surface area contributed by atoms with Gasteiger partial charge < -0.3 is 10.6 Å². The molecular formula is C15H24N2. The molecule has 1 aliphatic carbocycles. The van der Waals surface area contributed by atoms with Crippen LogP contribution >= 0.6 is 0 Å². The number of para-hydroxylation sites is 1. The van der Waals surface area contributed by atoms with E-state index in [0.29, 0.717) is 0 Å². The molecule has 1 aromatic carbocycles. The summed E-state index contributed by atoms with van der Waals surface area (Å²) in [6.45, 7) is 5.39. The topological polar surface area (TPSA) is 29.3 Å². The highest BCUT2D eigenvalue weighted by Crippen LogP contribution is 2.32. The van der Waals surface area contributed by atoms with Crippen LogP contribution in [0.25, 0.3) is 0 Å². The molecule has 0 amide bonds. The van der Waals surface area contributed by atoms with Crippen molar-refractivity contribution in [2.75, 3.05) is 11.4 Å². The summed E-state index contributed by atoms with van der Waals surface area (Å²) in [4.78, 5) is 2.55. The van der Waals surface area contributed by atoms with Crippen molar-refractivity contribution in [1.82, 2.24) is 0 Å². The number of nitrogens with two attached hydrogens (primary N) is 1. The van der Waals surface area contributed by atoms with E-state index >= 15 is 0 Å². The molecule has 0 aromatic heterocycles. The van der Waals surface area contributed by atoms with Crippen LogP contribution in [0.15, 0.2) is 24.3 Å².